The van der Waals surface area contributed by atoms with Crippen LogP contribution >= 0.6 is 0 Å². The molecule has 174 valence electrons. The summed E-state index contributed by atoms with van der Waals surface area (Å²) in [5, 5.41) is 0.852. The molecule has 3 aromatic carbocycles. The molecule has 0 spiro atoms. The molecule has 0 bridgehead atoms. The van der Waals surface area contributed by atoms with E-state index in [0.717, 1.165) is 5.56 Å². The molecule has 0 N–H and O–H groups in total. The summed E-state index contributed by atoms with van der Waals surface area (Å²) in [5.41, 5.74) is 0.138. The van der Waals surface area contributed by atoms with E-state index in [-0.39, 0.29) is 39.4 Å². The SMILES string of the molecule is CC(C)c1ccccc1Oc1coc2cc(OC(=O)c3cc4ccccc4oc3=O)ccc2c1=O. The number of hydrogen-bond donors (Lipinski definition) is 0. The minimum Gasteiger partial charge on any atom is -0.460 e. The fourth-order valence-corrected chi connectivity index (χ4v) is 3.76. The van der Waals surface area contributed by atoms with Gasteiger partial charge in [0.05, 0.1) is 5.39 Å². The smallest absolute Gasteiger partial charge is 0.351 e. The second-order valence-corrected chi connectivity index (χ2v) is 8.26. The van der Waals surface area contributed by atoms with Gasteiger partial charge in [0.2, 0.25) is 11.2 Å². The van der Waals surface area contributed by atoms with Gasteiger partial charge in [0.25, 0.3) is 0 Å². The fraction of sp³-hybridized carbons (Fsp3) is 0.107. The Labute approximate surface area is 199 Å². The fourth-order valence-electron chi connectivity index (χ4n) is 3.76. The van der Waals surface area contributed by atoms with Crippen LogP contribution in [0.25, 0.3) is 21.9 Å². The molecule has 0 aliphatic carbocycles. The molecule has 0 unspecified atom stereocenters. The number of carbonyl (C=O) groups excluding carboxylic acids is 1. The molecule has 2 heterocycles. The molecule has 0 fully saturated rings. The first-order valence-electron chi connectivity index (χ1n) is 11.0. The Bertz CT molecular complexity index is 1690. The summed E-state index contributed by atoms with van der Waals surface area (Å²) in [6, 6.07) is 20.1. The molecule has 0 saturated heterocycles. The van der Waals surface area contributed by atoms with E-state index in [1.165, 1.54) is 30.5 Å². The minimum atomic E-state index is -0.878. The lowest BCUT2D eigenvalue weighted by atomic mass is 10.0. The van der Waals surface area contributed by atoms with Gasteiger partial charge in [-0.3, -0.25) is 4.79 Å². The van der Waals surface area contributed by atoms with Crippen LogP contribution in [0.4, 0.5) is 0 Å². The third kappa shape index (κ3) is 4.31. The first-order chi connectivity index (χ1) is 16.9. The number of ether oxygens (including phenoxy) is 2. The van der Waals surface area contributed by atoms with E-state index in [9.17, 15) is 14.4 Å². The van der Waals surface area contributed by atoms with Crippen molar-refractivity contribution in [1.82, 2.24) is 0 Å². The molecule has 2 aromatic heterocycles. The normalized spacial score (nSPS) is 11.2. The zero-order valence-electron chi connectivity index (χ0n) is 18.9. The van der Waals surface area contributed by atoms with Gasteiger partial charge in [0, 0.05) is 11.5 Å². The number of carbonyl (C=O) groups is 1. The lowest BCUT2D eigenvalue weighted by molar-refractivity contribution is 0.0730. The third-order valence-corrected chi connectivity index (χ3v) is 5.55. The lowest BCUT2D eigenvalue weighted by Crippen LogP contribution is -2.18. The predicted octanol–water partition coefficient (Wildman–Crippen LogP) is 6.03. The summed E-state index contributed by atoms with van der Waals surface area (Å²) in [6.07, 6.45) is 1.23. The Balaban J connectivity index is 1.43. The molecule has 0 atom stereocenters. The average Bonchev–Trinajstić information content (AvgIpc) is 2.85. The van der Waals surface area contributed by atoms with Crippen LogP contribution in [-0.4, -0.2) is 5.97 Å². The first-order valence-corrected chi connectivity index (χ1v) is 11.0. The van der Waals surface area contributed by atoms with E-state index in [1.54, 1.807) is 30.3 Å². The van der Waals surface area contributed by atoms with Crippen LogP contribution < -0.4 is 20.5 Å². The van der Waals surface area contributed by atoms with Crippen LogP contribution in [0.5, 0.6) is 17.2 Å². The van der Waals surface area contributed by atoms with E-state index in [1.807, 2.05) is 32.0 Å². The molecule has 0 aliphatic heterocycles. The summed E-state index contributed by atoms with van der Waals surface area (Å²) in [7, 11) is 0. The standard InChI is InChI=1S/C28H20O7/c1-16(2)19-8-4-6-10-23(19)34-25-15-32-24-14-18(11-12-20(24)26(25)29)33-27(30)21-13-17-7-3-5-9-22(17)35-28(21)31/h3-16H,1-2H3. The van der Waals surface area contributed by atoms with Gasteiger partial charge in [-0.05, 0) is 41.8 Å². The van der Waals surface area contributed by atoms with Crippen LogP contribution in [0.1, 0.15) is 35.7 Å². The average molecular weight is 468 g/mol. The van der Waals surface area contributed by atoms with Crippen LogP contribution in [0.3, 0.4) is 0 Å². The van der Waals surface area contributed by atoms with Crippen molar-refractivity contribution < 1.29 is 23.1 Å². The molecule has 0 saturated carbocycles. The monoisotopic (exact) mass is 468 g/mol. The van der Waals surface area contributed by atoms with Gasteiger partial charge < -0.3 is 18.3 Å². The number of esters is 1. The van der Waals surface area contributed by atoms with Gasteiger partial charge >= 0.3 is 11.6 Å². The molecular formula is C28H20O7. The number of fused-ring (bicyclic) bond motifs is 2. The van der Waals surface area contributed by atoms with E-state index in [4.69, 9.17) is 18.3 Å². The van der Waals surface area contributed by atoms with Crippen molar-refractivity contribution in [2.75, 3.05) is 0 Å². The number of benzene rings is 3. The molecule has 0 radical (unpaired) electrons. The van der Waals surface area contributed by atoms with Gasteiger partial charge in [-0.1, -0.05) is 50.2 Å². The second-order valence-electron chi connectivity index (χ2n) is 8.26. The lowest BCUT2D eigenvalue weighted by Gasteiger charge is -2.13. The van der Waals surface area contributed by atoms with Gasteiger partial charge in [-0.2, -0.15) is 0 Å². The summed E-state index contributed by atoms with van der Waals surface area (Å²) >= 11 is 0. The summed E-state index contributed by atoms with van der Waals surface area (Å²) < 4.78 is 22.0. The largest absolute Gasteiger partial charge is 0.460 e. The highest BCUT2D eigenvalue weighted by Gasteiger charge is 2.18. The van der Waals surface area contributed by atoms with E-state index in [0.29, 0.717) is 16.7 Å². The molecular weight excluding hydrogens is 448 g/mol. The van der Waals surface area contributed by atoms with Crippen molar-refractivity contribution in [1.29, 1.82) is 0 Å². The Morgan fingerprint density at radius 2 is 1.63 bits per heavy atom. The Morgan fingerprint density at radius 1 is 0.857 bits per heavy atom. The van der Waals surface area contributed by atoms with Crippen molar-refractivity contribution in [3.8, 4) is 17.2 Å². The molecule has 7 nitrogen and oxygen atoms in total. The number of hydrogen-bond acceptors (Lipinski definition) is 7. The van der Waals surface area contributed by atoms with Crippen molar-refractivity contribution in [3.63, 3.8) is 0 Å². The Hall–Kier alpha value is -4.65. The maximum atomic E-state index is 13.0. The van der Waals surface area contributed by atoms with E-state index in [2.05, 4.69) is 0 Å². The first kappa shape index (κ1) is 22.2. The predicted molar refractivity (Wildman–Crippen MR) is 131 cm³/mol. The highest BCUT2D eigenvalue weighted by atomic mass is 16.5. The molecule has 0 aliphatic rings. The maximum absolute atomic E-state index is 13.0. The molecule has 5 aromatic rings. The van der Waals surface area contributed by atoms with E-state index < -0.39 is 11.6 Å². The van der Waals surface area contributed by atoms with Gasteiger partial charge in [-0.15, -0.1) is 0 Å². The van der Waals surface area contributed by atoms with Gasteiger partial charge in [0.1, 0.15) is 34.5 Å². The number of rotatable bonds is 5. The summed E-state index contributed by atoms with van der Waals surface area (Å²) in [5.74, 6) is 0.0625. The van der Waals surface area contributed by atoms with Crippen LogP contribution in [0.15, 0.2) is 97.5 Å². The topological polar surface area (TPSA) is 95.9 Å². The van der Waals surface area contributed by atoms with Crippen LogP contribution in [-0.2, 0) is 0 Å². The highest BCUT2D eigenvalue weighted by molar-refractivity contribution is 5.94. The minimum absolute atomic E-state index is 0.0455. The Kier molecular flexibility index (Phi) is 5.66. The second kappa shape index (κ2) is 8.95. The van der Waals surface area contributed by atoms with E-state index >= 15 is 0 Å². The van der Waals surface area contributed by atoms with Crippen LogP contribution in [0.2, 0.25) is 0 Å². The van der Waals surface area contributed by atoms with Crippen molar-refractivity contribution in [2.45, 2.75) is 19.8 Å². The molecule has 5 rings (SSSR count). The zero-order chi connectivity index (χ0) is 24.5. The molecule has 35 heavy (non-hydrogen) atoms. The third-order valence-electron chi connectivity index (χ3n) is 5.55. The van der Waals surface area contributed by atoms with Crippen molar-refractivity contribution >= 4 is 27.9 Å². The van der Waals surface area contributed by atoms with Crippen molar-refractivity contribution in [3.05, 3.63) is 111 Å². The quantitative estimate of drug-likeness (QED) is 0.176. The molecule has 7 heteroatoms. The van der Waals surface area contributed by atoms with Gasteiger partial charge in [0.15, 0.2) is 0 Å². The zero-order valence-corrected chi connectivity index (χ0v) is 18.9. The van der Waals surface area contributed by atoms with Crippen molar-refractivity contribution in [2.24, 2.45) is 0 Å². The summed E-state index contributed by atoms with van der Waals surface area (Å²) in [6.45, 7) is 4.07. The van der Waals surface area contributed by atoms with Crippen LogP contribution in [0, 0.1) is 0 Å². The maximum Gasteiger partial charge on any atom is 0.351 e. The highest BCUT2D eigenvalue weighted by Crippen LogP contribution is 2.30. The molecule has 0 amide bonds. The summed E-state index contributed by atoms with van der Waals surface area (Å²) in [4.78, 5) is 37.9. The number of para-hydroxylation sites is 2. The van der Waals surface area contributed by atoms with Gasteiger partial charge in [-0.25, -0.2) is 9.59 Å². The Morgan fingerprint density at radius 3 is 2.46 bits per heavy atom.